The van der Waals surface area contributed by atoms with Gasteiger partial charge in [-0.1, -0.05) is 35.9 Å². The molecule has 1 saturated heterocycles. The Labute approximate surface area is 139 Å². The van der Waals surface area contributed by atoms with Crippen LogP contribution >= 0.6 is 23.4 Å². The first-order valence-corrected chi connectivity index (χ1v) is 8.90. The SMILES string of the molecule is O=C(CSc1cccc2cccc(Cl)c12)N[C@H]1CCCNC1. The van der Waals surface area contributed by atoms with Crippen molar-refractivity contribution in [2.45, 2.75) is 23.8 Å². The van der Waals surface area contributed by atoms with Crippen LogP contribution in [-0.2, 0) is 4.79 Å². The van der Waals surface area contributed by atoms with Crippen molar-refractivity contribution >= 4 is 40.0 Å². The Bertz CT molecular complexity index is 666. The molecule has 0 spiro atoms. The van der Waals surface area contributed by atoms with Crippen molar-refractivity contribution in [3.05, 3.63) is 41.4 Å². The van der Waals surface area contributed by atoms with Crippen LogP contribution in [0.5, 0.6) is 0 Å². The number of rotatable bonds is 4. The number of hydrogen-bond acceptors (Lipinski definition) is 3. The first-order valence-electron chi connectivity index (χ1n) is 7.54. The molecule has 1 aliphatic rings. The van der Waals surface area contributed by atoms with Gasteiger partial charge in [0.2, 0.25) is 5.91 Å². The minimum absolute atomic E-state index is 0.0859. The van der Waals surface area contributed by atoms with Crippen molar-refractivity contribution in [2.24, 2.45) is 0 Å². The van der Waals surface area contributed by atoms with E-state index in [1.165, 1.54) is 0 Å². The van der Waals surface area contributed by atoms with Gasteiger partial charge in [0.1, 0.15) is 0 Å². The van der Waals surface area contributed by atoms with E-state index in [-0.39, 0.29) is 11.9 Å². The van der Waals surface area contributed by atoms with Crippen LogP contribution in [0.25, 0.3) is 10.8 Å². The van der Waals surface area contributed by atoms with E-state index >= 15 is 0 Å². The van der Waals surface area contributed by atoms with Crippen LogP contribution in [0.4, 0.5) is 0 Å². The lowest BCUT2D eigenvalue weighted by atomic mass is 10.1. The van der Waals surface area contributed by atoms with Crippen molar-refractivity contribution in [3.8, 4) is 0 Å². The predicted molar refractivity (Wildman–Crippen MR) is 93.7 cm³/mol. The summed E-state index contributed by atoms with van der Waals surface area (Å²) in [6.45, 7) is 1.92. The number of piperidine rings is 1. The predicted octanol–water partition coefficient (Wildman–Crippen LogP) is 3.45. The highest BCUT2D eigenvalue weighted by Crippen LogP contribution is 2.33. The maximum absolute atomic E-state index is 12.1. The van der Waals surface area contributed by atoms with Gasteiger partial charge in [0, 0.05) is 27.9 Å². The Balaban J connectivity index is 1.65. The van der Waals surface area contributed by atoms with E-state index in [1.807, 2.05) is 36.4 Å². The van der Waals surface area contributed by atoms with Crippen molar-refractivity contribution in [1.82, 2.24) is 10.6 Å². The van der Waals surface area contributed by atoms with E-state index in [9.17, 15) is 4.79 Å². The summed E-state index contributed by atoms with van der Waals surface area (Å²) >= 11 is 7.85. The molecule has 1 amide bonds. The minimum atomic E-state index is 0.0859. The van der Waals surface area contributed by atoms with E-state index in [0.29, 0.717) is 5.75 Å². The van der Waals surface area contributed by atoms with Crippen LogP contribution in [0.3, 0.4) is 0 Å². The monoisotopic (exact) mass is 334 g/mol. The first kappa shape index (κ1) is 15.7. The first-order chi connectivity index (χ1) is 10.7. The zero-order valence-corrected chi connectivity index (χ0v) is 13.8. The van der Waals surface area contributed by atoms with E-state index in [2.05, 4.69) is 10.6 Å². The molecule has 0 aromatic heterocycles. The fourth-order valence-electron chi connectivity index (χ4n) is 2.77. The molecular weight excluding hydrogens is 316 g/mol. The topological polar surface area (TPSA) is 41.1 Å². The van der Waals surface area contributed by atoms with Gasteiger partial charge < -0.3 is 10.6 Å². The average Bonchev–Trinajstić information content (AvgIpc) is 2.54. The van der Waals surface area contributed by atoms with E-state index < -0.39 is 0 Å². The van der Waals surface area contributed by atoms with Gasteiger partial charge in [-0.3, -0.25) is 4.79 Å². The molecule has 0 saturated carbocycles. The molecule has 3 rings (SSSR count). The summed E-state index contributed by atoms with van der Waals surface area (Å²) in [7, 11) is 0. The summed E-state index contributed by atoms with van der Waals surface area (Å²) < 4.78 is 0. The molecule has 2 N–H and O–H groups in total. The third-order valence-corrected chi connectivity index (χ3v) is 5.21. The summed E-state index contributed by atoms with van der Waals surface area (Å²) in [5.41, 5.74) is 0. The number of amides is 1. The van der Waals surface area contributed by atoms with Gasteiger partial charge in [-0.2, -0.15) is 0 Å². The third-order valence-electron chi connectivity index (χ3n) is 3.84. The number of carbonyl (C=O) groups is 1. The normalized spacial score (nSPS) is 18.3. The molecule has 22 heavy (non-hydrogen) atoms. The summed E-state index contributed by atoms with van der Waals surface area (Å²) in [4.78, 5) is 13.2. The van der Waals surface area contributed by atoms with Crippen LogP contribution in [0.1, 0.15) is 12.8 Å². The highest BCUT2D eigenvalue weighted by atomic mass is 35.5. The maximum atomic E-state index is 12.1. The van der Waals surface area contributed by atoms with Crippen molar-refractivity contribution in [1.29, 1.82) is 0 Å². The molecule has 2 aromatic rings. The van der Waals surface area contributed by atoms with Gasteiger partial charge in [0.15, 0.2) is 0 Å². The molecule has 2 aromatic carbocycles. The minimum Gasteiger partial charge on any atom is -0.351 e. The highest BCUT2D eigenvalue weighted by molar-refractivity contribution is 8.00. The lowest BCUT2D eigenvalue weighted by Gasteiger charge is -2.23. The molecule has 5 heteroatoms. The molecule has 0 radical (unpaired) electrons. The average molecular weight is 335 g/mol. The quantitative estimate of drug-likeness (QED) is 0.841. The Kier molecular flexibility index (Phi) is 5.24. The van der Waals surface area contributed by atoms with Gasteiger partial charge in [0.25, 0.3) is 0 Å². The second kappa shape index (κ2) is 7.36. The van der Waals surface area contributed by atoms with Crippen LogP contribution in [0.15, 0.2) is 41.3 Å². The van der Waals surface area contributed by atoms with Crippen molar-refractivity contribution in [3.63, 3.8) is 0 Å². The van der Waals surface area contributed by atoms with Gasteiger partial charge in [-0.15, -0.1) is 11.8 Å². The third kappa shape index (κ3) is 3.75. The van der Waals surface area contributed by atoms with Crippen molar-refractivity contribution in [2.75, 3.05) is 18.8 Å². The number of hydrogen-bond donors (Lipinski definition) is 2. The summed E-state index contributed by atoms with van der Waals surface area (Å²) in [5.74, 6) is 0.503. The van der Waals surface area contributed by atoms with Gasteiger partial charge >= 0.3 is 0 Å². The molecule has 0 aliphatic carbocycles. The number of fused-ring (bicyclic) bond motifs is 1. The van der Waals surface area contributed by atoms with Crippen LogP contribution in [0, 0.1) is 0 Å². The van der Waals surface area contributed by atoms with E-state index in [0.717, 1.165) is 46.6 Å². The summed E-state index contributed by atoms with van der Waals surface area (Å²) in [6.07, 6.45) is 2.18. The number of halogens is 1. The molecule has 0 bridgehead atoms. The Morgan fingerprint density at radius 3 is 2.91 bits per heavy atom. The maximum Gasteiger partial charge on any atom is 0.230 e. The molecule has 1 aliphatic heterocycles. The largest absolute Gasteiger partial charge is 0.351 e. The second-order valence-electron chi connectivity index (χ2n) is 5.49. The Morgan fingerprint density at radius 2 is 2.14 bits per heavy atom. The summed E-state index contributed by atoms with van der Waals surface area (Å²) in [5, 5.41) is 9.27. The van der Waals surface area contributed by atoms with Gasteiger partial charge in [-0.25, -0.2) is 0 Å². The van der Waals surface area contributed by atoms with Gasteiger partial charge in [-0.05, 0) is 36.9 Å². The standard InChI is InChI=1S/C17H19ClN2OS/c18-14-7-1-4-12-5-2-8-15(17(12)14)22-11-16(21)20-13-6-3-9-19-10-13/h1-2,4-5,7-8,13,19H,3,6,9-11H2,(H,20,21)/t13-/m0/s1. The zero-order chi connectivity index (χ0) is 15.4. The lowest BCUT2D eigenvalue weighted by Crippen LogP contribution is -2.46. The van der Waals surface area contributed by atoms with Crippen LogP contribution in [-0.4, -0.2) is 30.8 Å². The number of nitrogens with one attached hydrogen (secondary N) is 2. The van der Waals surface area contributed by atoms with E-state index in [1.54, 1.807) is 11.8 Å². The molecule has 1 heterocycles. The smallest absolute Gasteiger partial charge is 0.230 e. The highest BCUT2D eigenvalue weighted by Gasteiger charge is 2.15. The molecule has 116 valence electrons. The van der Waals surface area contributed by atoms with E-state index in [4.69, 9.17) is 11.6 Å². The number of thioether (sulfide) groups is 1. The fourth-order valence-corrected chi connectivity index (χ4v) is 4.03. The van der Waals surface area contributed by atoms with Crippen molar-refractivity contribution < 1.29 is 4.79 Å². The second-order valence-corrected chi connectivity index (χ2v) is 6.92. The number of carbonyl (C=O) groups excluding carboxylic acids is 1. The Morgan fingerprint density at radius 1 is 1.32 bits per heavy atom. The lowest BCUT2D eigenvalue weighted by molar-refractivity contribution is -0.119. The van der Waals surface area contributed by atoms with Gasteiger partial charge in [0.05, 0.1) is 5.75 Å². The Hall–Kier alpha value is -1.23. The van der Waals surface area contributed by atoms with Crippen LogP contribution < -0.4 is 10.6 Å². The molecule has 1 fully saturated rings. The zero-order valence-electron chi connectivity index (χ0n) is 12.3. The molecular formula is C17H19ClN2OS. The molecule has 3 nitrogen and oxygen atoms in total. The van der Waals surface area contributed by atoms with Crippen LogP contribution in [0.2, 0.25) is 5.02 Å². The number of benzene rings is 2. The summed E-state index contributed by atoms with van der Waals surface area (Å²) in [6, 6.07) is 12.2. The molecule has 0 unspecified atom stereocenters. The fraction of sp³-hybridized carbons (Fsp3) is 0.353. The molecule has 1 atom stereocenters.